The number of aromatic amines is 1. The van der Waals surface area contributed by atoms with Crippen LogP contribution in [0, 0.1) is 10.7 Å². The fourth-order valence-electron chi connectivity index (χ4n) is 1.92. The number of aromatic nitrogens is 2. The molecule has 3 nitrogen and oxygen atoms in total. The summed E-state index contributed by atoms with van der Waals surface area (Å²) in [5.41, 5.74) is 0.879. The standard InChI is InChI=1S/C12H16N2OS2/c1-4-7(2)8(3)14-11(15)10-9(5-6-17-10)13-12(14)16/h5-8H,4H2,1-3H3,(H,13,16). The van der Waals surface area contributed by atoms with Gasteiger partial charge in [-0.05, 0) is 36.5 Å². The zero-order chi connectivity index (χ0) is 12.6. The highest BCUT2D eigenvalue weighted by Gasteiger charge is 2.16. The molecule has 2 aromatic rings. The van der Waals surface area contributed by atoms with Crippen molar-refractivity contribution in [2.24, 2.45) is 5.92 Å². The molecule has 2 aromatic heterocycles. The highest BCUT2D eigenvalue weighted by atomic mass is 32.1. The van der Waals surface area contributed by atoms with Gasteiger partial charge in [0.25, 0.3) is 5.56 Å². The topological polar surface area (TPSA) is 37.8 Å². The summed E-state index contributed by atoms with van der Waals surface area (Å²) >= 11 is 6.75. The van der Waals surface area contributed by atoms with E-state index in [-0.39, 0.29) is 11.6 Å². The minimum absolute atomic E-state index is 0.0338. The van der Waals surface area contributed by atoms with Crippen LogP contribution in [0.2, 0.25) is 0 Å². The van der Waals surface area contributed by atoms with Crippen molar-refractivity contribution in [2.75, 3.05) is 0 Å². The van der Waals surface area contributed by atoms with Crippen molar-refractivity contribution in [2.45, 2.75) is 33.2 Å². The second-order valence-electron chi connectivity index (χ2n) is 4.39. The molecule has 0 aliphatic carbocycles. The maximum atomic E-state index is 12.4. The lowest BCUT2D eigenvalue weighted by Crippen LogP contribution is -2.27. The van der Waals surface area contributed by atoms with E-state index >= 15 is 0 Å². The first-order chi connectivity index (χ1) is 8.06. The van der Waals surface area contributed by atoms with Crippen molar-refractivity contribution in [1.82, 2.24) is 9.55 Å². The smallest absolute Gasteiger partial charge is 0.272 e. The maximum Gasteiger partial charge on any atom is 0.272 e. The Hall–Kier alpha value is -0.940. The van der Waals surface area contributed by atoms with Crippen molar-refractivity contribution in [3.63, 3.8) is 0 Å². The fourth-order valence-corrected chi connectivity index (χ4v) is 3.06. The predicted molar refractivity (Wildman–Crippen MR) is 75.4 cm³/mol. The van der Waals surface area contributed by atoms with E-state index in [1.165, 1.54) is 11.3 Å². The Bertz CT molecular complexity index is 638. The molecule has 0 fully saturated rings. The zero-order valence-electron chi connectivity index (χ0n) is 10.2. The van der Waals surface area contributed by atoms with Crippen LogP contribution in [0.4, 0.5) is 0 Å². The number of nitrogens with zero attached hydrogens (tertiary/aromatic N) is 1. The molecular weight excluding hydrogens is 252 g/mol. The van der Waals surface area contributed by atoms with Gasteiger partial charge in [0.15, 0.2) is 4.77 Å². The summed E-state index contributed by atoms with van der Waals surface area (Å²) in [6.45, 7) is 6.33. The SMILES string of the molecule is CCC(C)C(C)n1c(=S)[nH]c2ccsc2c1=O. The molecule has 0 spiro atoms. The van der Waals surface area contributed by atoms with E-state index in [1.54, 1.807) is 4.57 Å². The molecule has 2 heterocycles. The van der Waals surface area contributed by atoms with Crippen LogP contribution in [0.25, 0.3) is 10.2 Å². The molecule has 0 saturated carbocycles. The Balaban J connectivity index is 2.69. The Morgan fingerprint density at radius 1 is 1.53 bits per heavy atom. The molecule has 0 saturated heterocycles. The molecule has 0 aliphatic heterocycles. The summed E-state index contributed by atoms with van der Waals surface area (Å²) in [6, 6.07) is 2.03. The van der Waals surface area contributed by atoms with Gasteiger partial charge >= 0.3 is 0 Å². The number of H-pyrrole nitrogens is 1. The van der Waals surface area contributed by atoms with Crippen molar-refractivity contribution < 1.29 is 0 Å². The first kappa shape index (κ1) is 12.5. The molecule has 92 valence electrons. The molecule has 2 unspecified atom stereocenters. The van der Waals surface area contributed by atoms with Crippen molar-refractivity contribution in [1.29, 1.82) is 0 Å². The molecular formula is C12H16N2OS2. The van der Waals surface area contributed by atoms with Crippen molar-refractivity contribution >= 4 is 33.8 Å². The van der Waals surface area contributed by atoms with Crippen LogP contribution in [0.1, 0.15) is 33.2 Å². The Morgan fingerprint density at radius 3 is 2.88 bits per heavy atom. The van der Waals surface area contributed by atoms with Crippen LogP contribution >= 0.6 is 23.6 Å². The number of fused-ring (bicyclic) bond motifs is 1. The highest BCUT2D eigenvalue weighted by molar-refractivity contribution is 7.71. The number of thiophene rings is 1. The molecule has 0 amide bonds. The molecule has 2 rings (SSSR count). The quantitative estimate of drug-likeness (QED) is 0.861. The van der Waals surface area contributed by atoms with Gasteiger partial charge in [-0.25, -0.2) is 0 Å². The number of hydrogen-bond donors (Lipinski definition) is 1. The van der Waals surface area contributed by atoms with Gasteiger partial charge in [0, 0.05) is 6.04 Å². The van der Waals surface area contributed by atoms with Gasteiger partial charge in [-0.3, -0.25) is 9.36 Å². The first-order valence-electron chi connectivity index (χ1n) is 5.78. The van der Waals surface area contributed by atoms with E-state index in [2.05, 4.69) is 25.8 Å². The summed E-state index contributed by atoms with van der Waals surface area (Å²) in [7, 11) is 0. The van der Waals surface area contributed by atoms with Gasteiger partial charge in [-0.2, -0.15) is 0 Å². The van der Waals surface area contributed by atoms with Crippen molar-refractivity contribution in [3.8, 4) is 0 Å². The lowest BCUT2D eigenvalue weighted by atomic mass is 10.0. The Kier molecular flexibility index (Phi) is 3.49. The molecule has 0 aromatic carbocycles. The third kappa shape index (κ3) is 2.09. The first-order valence-corrected chi connectivity index (χ1v) is 7.07. The summed E-state index contributed by atoms with van der Waals surface area (Å²) in [4.78, 5) is 15.5. The van der Waals surface area contributed by atoms with Crippen LogP contribution < -0.4 is 5.56 Å². The second kappa shape index (κ2) is 4.74. The van der Waals surface area contributed by atoms with Gasteiger partial charge in [0.2, 0.25) is 0 Å². The van der Waals surface area contributed by atoms with Gasteiger partial charge in [0.05, 0.1) is 5.52 Å². The Labute approximate surface area is 109 Å². The van der Waals surface area contributed by atoms with E-state index in [9.17, 15) is 4.79 Å². The van der Waals surface area contributed by atoms with Crippen molar-refractivity contribution in [3.05, 3.63) is 26.6 Å². The maximum absolute atomic E-state index is 12.4. The van der Waals surface area contributed by atoms with Gasteiger partial charge in [-0.15, -0.1) is 11.3 Å². The average Bonchev–Trinajstić information content (AvgIpc) is 2.75. The average molecular weight is 268 g/mol. The number of rotatable bonds is 3. The predicted octanol–water partition coefficient (Wildman–Crippen LogP) is 3.73. The summed E-state index contributed by atoms with van der Waals surface area (Å²) in [5.74, 6) is 0.431. The monoisotopic (exact) mass is 268 g/mol. The molecule has 0 aliphatic rings. The van der Waals surface area contributed by atoms with E-state index in [4.69, 9.17) is 12.2 Å². The van der Waals surface area contributed by atoms with Crippen LogP contribution in [0.15, 0.2) is 16.2 Å². The summed E-state index contributed by atoms with van der Waals surface area (Å²) in [6.07, 6.45) is 1.03. The number of hydrogen-bond acceptors (Lipinski definition) is 3. The summed E-state index contributed by atoms with van der Waals surface area (Å²) < 4.78 is 2.99. The van der Waals surface area contributed by atoms with E-state index in [1.807, 2.05) is 11.4 Å². The van der Waals surface area contributed by atoms with Gasteiger partial charge in [-0.1, -0.05) is 20.3 Å². The Morgan fingerprint density at radius 2 is 2.24 bits per heavy atom. The van der Waals surface area contributed by atoms with Crippen LogP contribution in [-0.2, 0) is 0 Å². The van der Waals surface area contributed by atoms with E-state index in [0.29, 0.717) is 10.7 Å². The third-order valence-corrected chi connectivity index (χ3v) is 4.61. The minimum atomic E-state index is 0.0338. The third-order valence-electron chi connectivity index (χ3n) is 3.41. The van der Waals surface area contributed by atoms with E-state index < -0.39 is 0 Å². The lowest BCUT2D eigenvalue weighted by molar-refractivity contribution is 0.358. The molecule has 1 N–H and O–H groups in total. The van der Waals surface area contributed by atoms with Gasteiger partial charge < -0.3 is 4.98 Å². The van der Waals surface area contributed by atoms with Crippen LogP contribution in [0.3, 0.4) is 0 Å². The molecule has 5 heteroatoms. The van der Waals surface area contributed by atoms with E-state index in [0.717, 1.165) is 16.6 Å². The van der Waals surface area contributed by atoms with Gasteiger partial charge in [0.1, 0.15) is 4.70 Å². The zero-order valence-corrected chi connectivity index (χ0v) is 11.8. The second-order valence-corrected chi connectivity index (χ2v) is 5.70. The largest absolute Gasteiger partial charge is 0.331 e. The molecule has 17 heavy (non-hydrogen) atoms. The lowest BCUT2D eigenvalue weighted by Gasteiger charge is -2.20. The highest BCUT2D eigenvalue weighted by Crippen LogP contribution is 2.21. The van der Waals surface area contributed by atoms with Crippen LogP contribution in [-0.4, -0.2) is 9.55 Å². The minimum Gasteiger partial charge on any atom is -0.331 e. The molecule has 2 atom stereocenters. The normalized spacial score (nSPS) is 15.0. The fraction of sp³-hybridized carbons (Fsp3) is 0.500. The molecule has 0 bridgehead atoms. The summed E-state index contributed by atoms with van der Waals surface area (Å²) in [5, 5.41) is 1.91. The number of nitrogens with one attached hydrogen (secondary N) is 1. The molecule has 0 radical (unpaired) electrons. The van der Waals surface area contributed by atoms with Crippen LogP contribution in [0.5, 0.6) is 0 Å².